The quantitative estimate of drug-likeness (QED) is 0.655. The molecule has 22 heavy (non-hydrogen) atoms. The highest BCUT2D eigenvalue weighted by Gasteiger charge is 2.31. The fourth-order valence-corrected chi connectivity index (χ4v) is 2.52. The van der Waals surface area contributed by atoms with Crippen molar-refractivity contribution in [2.45, 2.75) is 0 Å². The van der Waals surface area contributed by atoms with Crippen LogP contribution in [0.5, 0.6) is 5.75 Å². The Kier molecular flexibility index (Phi) is 3.83. The molecule has 0 spiro atoms. The van der Waals surface area contributed by atoms with E-state index in [4.69, 9.17) is 23.8 Å². The lowest BCUT2D eigenvalue weighted by Crippen LogP contribution is -2.30. The van der Waals surface area contributed by atoms with Crippen molar-refractivity contribution in [1.82, 2.24) is 5.32 Å². The Morgan fingerprint density at radius 1 is 1.09 bits per heavy atom. The van der Waals surface area contributed by atoms with Gasteiger partial charge in [0.15, 0.2) is 5.11 Å². The first-order chi connectivity index (χ1) is 10.5. The van der Waals surface area contributed by atoms with E-state index in [-0.39, 0.29) is 11.7 Å². The molecule has 1 saturated heterocycles. The normalized spacial score (nSPS) is 16.2. The van der Waals surface area contributed by atoms with Crippen molar-refractivity contribution in [2.24, 2.45) is 0 Å². The van der Waals surface area contributed by atoms with Crippen molar-refractivity contribution in [3.05, 3.63) is 64.8 Å². The van der Waals surface area contributed by atoms with Crippen LogP contribution in [0.4, 0.5) is 5.69 Å². The van der Waals surface area contributed by atoms with Gasteiger partial charge in [-0.25, -0.2) is 0 Å². The number of anilines is 1. The Morgan fingerprint density at radius 3 is 2.36 bits per heavy atom. The fraction of sp³-hybridized carbons (Fsp3) is 0. The molecule has 2 aromatic rings. The molecule has 0 saturated carbocycles. The zero-order chi connectivity index (χ0) is 15.7. The van der Waals surface area contributed by atoms with Crippen molar-refractivity contribution < 1.29 is 9.90 Å². The van der Waals surface area contributed by atoms with Gasteiger partial charge < -0.3 is 10.4 Å². The van der Waals surface area contributed by atoms with Gasteiger partial charge in [-0.15, -0.1) is 0 Å². The van der Waals surface area contributed by atoms with Crippen LogP contribution < -0.4 is 10.2 Å². The van der Waals surface area contributed by atoms with Crippen molar-refractivity contribution in [2.75, 3.05) is 4.90 Å². The summed E-state index contributed by atoms with van der Waals surface area (Å²) in [7, 11) is 0. The van der Waals surface area contributed by atoms with E-state index in [2.05, 4.69) is 5.32 Å². The van der Waals surface area contributed by atoms with E-state index in [0.717, 1.165) is 5.56 Å². The van der Waals surface area contributed by atoms with Crippen LogP contribution in [0.25, 0.3) is 6.08 Å². The SMILES string of the molecule is O=C1/C(=C/c2ccc(O)cc2)NC(=S)N1c1ccc(Cl)cc1. The molecule has 1 fully saturated rings. The average molecular weight is 331 g/mol. The first-order valence-electron chi connectivity index (χ1n) is 6.46. The number of nitrogens with one attached hydrogen (secondary N) is 1. The predicted octanol–water partition coefficient (Wildman–Crippen LogP) is 3.31. The van der Waals surface area contributed by atoms with Crippen LogP contribution in [0.3, 0.4) is 0 Å². The molecule has 0 bridgehead atoms. The second-order valence-electron chi connectivity index (χ2n) is 4.70. The lowest BCUT2D eigenvalue weighted by molar-refractivity contribution is -0.113. The number of amides is 1. The molecule has 4 nitrogen and oxygen atoms in total. The lowest BCUT2D eigenvalue weighted by atomic mass is 10.2. The number of aromatic hydroxyl groups is 1. The molecule has 6 heteroatoms. The van der Waals surface area contributed by atoms with Gasteiger partial charge in [0.25, 0.3) is 5.91 Å². The number of nitrogens with zero attached hydrogens (tertiary/aromatic N) is 1. The Hall–Kier alpha value is -2.37. The zero-order valence-electron chi connectivity index (χ0n) is 11.3. The predicted molar refractivity (Wildman–Crippen MR) is 90.8 cm³/mol. The number of thiocarbonyl (C=S) groups is 1. The largest absolute Gasteiger partial charge is 0.508 e. The van der Waals surface area contributed by atoms with E-state index in [1.807, 2.05) is 0 Å². The Morgan fingerprint density at radius 2 is 1.73 bits per heavy atom. The van der Waals surface area contributed by atoms with Crippen LogP contribution in [0.1, 0.15) is 5.56 Å². The molecule has 3 rings (SSSR count). The summed E-state index contributed by atoms with van der Waals surface area (Å²) in [5.41, 5.74) is 1.82. The van der Waals surface area contributed by atoms with Crippen molar-refractivity contribution in [3.63, 3.8) is 0 Å². The number of phenols is 1. The highest BCUT2D eigenvalue weighted by molar-refractivity contribution is 7.80. The third-order valence-electron chi connectivity index (χ3n) is 3.17. The third-order valence-corrected chi connectivity index (χ3v) is 3.70. The van der Waals surface area contributed by atoms with Gasteiger partial charge in [-0.3, -0.25) is 9.69 Å². The topological polar surface area (TPSA) is 52.6 Å². The maximum Gasteiger partial charge on any atom is 0.281 e. The molecule has 2 aromatic carbocycles. The molecule has 0 radical (unpaired) electrons. The van der Waals surface area contributed by atoms with Gasteiger partial charge in [-0.2, -0.15) is 0 Å². The summed E-state index contributed by atoms with van der Waals surface area (Å²) in [6, 6.07) is 13.4. The molecule has 0 atom stereocenters. The van der Waals surface area contributed by atoms with E-state index in [0.29, 0.717) is 21.5 Å². The highest BCUT2D eigenvalue weighted by atomic mass is 35.5. The van der Waals surface area contributed by atoms with Crippen LogP contribution >= 0.6 is 23.8 Å². The Bertz CT molecular complexity index is 770. The zero-order valence-corrected chi connectivity index (χ0v) is 12.9. The Labute approximate surface area is 137 Å². The second kappa shape index (κ2) is 5.79. The maximum atomic E-state index is 12.5. The molecule has 1 amide bonds. The van der Waals surface area contributed by atoms with Gasteiger partial charge >= 0.3 is 0 Å². The van der Waals surface area contributed by atoms with E-state index < -0.39 is 0 Å². The van der Waals surface area contributed by atoms with Crippen molar-refractivity contribution >= 4 is 46.6 Å². The number of halogens is 1. The van der Waals surface area contributed by atoms with E-state index in [9.17, 15) is 9.90 Å². The minimum atomic E-state index is -0.236. The molecule has 1 aliphatic heterocycles. The minimum absolute atomic E-state index is 0.172. The molecule has 1 heterocycles. The number of carbonyl (C=O) groups excluding carboxylic acids is 1. The summed E-state index contributed by atoms with van der Waals surface area (Å²) >= 11 is 11.1. The number of rotatable bonds is 2. The summed E-state index contributed by atoms with van der Waals surface area (Å²) in [4.78, 5) is 13.9. The highest BCUT2D eigenvalue weighted by Crippen LogP contribution is 2.24. The molecule has 0 unspecified atom stereocenters. The van der Waals surface area contributed by atoms with Gasteiger partial charge in [0.1, 0.15) is 11.4 Å². The van der Waals surface area contributed by atoms with E-state index in [1.54, 1.807) is 54.6 Å². The first kappa shape index (κ1) is 14.6. The van der Waals surface area contributed by atoms with Crippen LogP contribution in [0.2, 0.25) is 5.02 Å². The van der Waals surface area contributed by atoms with Crippen LogP contribution in [-0.2, 0) is 4.79 Å². The number of carbonyl (C=O) groups is 1. The van der Waals surface area contributed by atoms with Gasteiger partial charge in [0, 0.05) is 5.02 Å². The summed E-state index contributed by atoms with van der Waals surface area (Å²) < 4.78 is 0. The van der Waals surface area contributed by atoms with Gasteiger partial charge in [-0.05, 0) is 60.3 Å². The number of benzene rings is 2. The maximum absolute atomic E-state index is 12.5. The monoisotopic (exact) mass is 330 g/mol. The van der Waals surface area contributed by atoms with Crippen molar-refractivity contribution in [1.29, 1.82) is 0 Å². The summed E-state index contributed by atoms with van der Waals surface area (Å²) in [6.45, 7) is 0. The molecule has 1 aliphatic rings. The minimum Gasteiger partial charge on any atom is -0.508 e. The second-order valence-corrected chi connectivity index (χ2v) is 5.52. The number of phenolic OH excluding ortho intramolecular Hbond substituents is 1. The fourth-order valence-electron chi connectivity index (χ4n) is 2.10. The molecule has 0 aromatic heterocycles. The molecular formula is C16H11ClN2O2S. The third kappa shape index (κ3) is 2.81. The molecular weight excluding hydrogens is 320 g/mol. The van der Waals surface area contributed by atoms with Crippen LogP contribution in [0, 0.1) is 0 Å². The molecule has 110 valence electrons. The molecule has 2 N–H and O–H groups in total. The average Bonchev–Trinajstić information content (AvgIpc) is 2.77. The number of hydrogen-bond acceptors (Lipinski definition) is 3. The van der Waals surface area contributed by atoms with Crippen LogP contribution in [-0.4, -0.2) is 16.1 Å². The lowest BCUT2D eigenvalue weighted by Gasteiger charge is -2.13. The van der Waals surface area contributed by atoms with Gasteiger partial charge in [0.2, 0.25) is 0 Å². The van der Waals surface area contributed by atoms with Gasteiger partial charge in [0.05, 0.1) is 5.69 Å². The van der Waals surface area contributed by atoms with E-state index in [1.165, 1.54) is 4.90 Å². The van der Waals surface area contributed by atoms with Crippen LogP contribution in [0.15, 0.2) is 54.2 Å². The summed E-state index contributed by atoms with van der Waals surface area (Å²) in [5, 5.41) is 13.1. The number of hydrogen-bond donors (Lipinski definition) is 2. The van der Waals surface area contributed by atoms with E-state index >= 15 is 0 Å². The molecule has 0 aliphatic carbocycles. The van der Waals surface area contributed by atoms with Gasteiger partial charge in [-0.1, -0.05) is 23.7 Å². The summed E-state index contributed by atoms with van der Waals surface area (Å²) in [5.74, 6) is -0.0634. The first-order valence-corrected chi connectivity index (χ1v) is 7.25. The Balaban J connectivity index is 1.91. The summed E-state index contributed by atoms with van der Waals surface area (Å²) in [6.07, 6.45) is 1.68. The smallest absolute Gasteiger partial charge is 0.281 e. The van der Waals surface area contributed by atoms with Crippen molar-refractivity contribution in [3.8, 4) is 5.75 Å². The standard InChI is InChI=1S/C16H11ClN2O2S/c17-11-3-5-12(6-4-11)19-15(21)14(18-16(19)22)9-10-1-7-13(20)8-2-10/h1-9,20H,(H,18,22)/b14-9-.